The largest absolute Gasteiger partial charge is 0.507 e. The van der Waals surface area contributed by atoms with Crippen LogP contribution >= 0.6 is 0 Å². The molecular weight excluding hydrogens is 266 g/mol. The third-order valence-corrected chi connectivity index (χ3v) is 3.26. The first-order chi connectivity index (χ1) is 9.43. The lowest BCUT2D eigenvalue weighted by molar-refractivity contribution is -0.141. The zero-order valence-electron chi connectivity index (χ0n) is 10.8. The Labute approximate surface area is 115 Å². The summed E-state index contributed by atoms with van der Waals surface area (Å²) >= 11 is 0. The van der Waals surface area contributed by atoms with Crippen molar-refractivity contribution in [3.8, 4) is 11.5 Å². The van der Waals surface area contributed by atoms with E-state index in [0.717, 1.165) is 4.90 Å². The van der Waals surface area contributed by atoms with Crippen molar-refractivity contribution in [3.05, 3.63) is 23.8 Å². The average molecular weight is 281 g/mol. The molecule has 0 saturated carbocycles. The Morgan fingerprint density at radius 3 is 2.65 bits per heavy atom. The number of likely N-dealkylation sites (tertiary alicyclic amines) is 1. The highest BCUT2D eigenvalue weighted by Gasteiger charge is 2.39. The second kappa shape index (κ2) is 5.38. The Bertz CT molecular complexity index is 544. The highest BCUT2D eigenvalue weighted by atomic mass is 16.5. The minimum absolute atomic E-state index is 0.0159. The van der Waals surface area contributed by atoms with Crippen molar-refractivity contribution in [1.29, 1.82) is 0 Å². The zero-order chi connectivity index (χ0) is 14.9. The van der Waals surface area contributed by atoms with Crippen molar-refractivity contribution in [2.45, 2.75) is 18.6 Å². The number of hydrogen-bond donors (Lipinski definition) is 3. The van der Waals surface area contributed by atoms with E-state index in [-0.39, 0.29) is 24.3 Å². The number of carboxylic acids is 1. The molecular formula is C13H15NO6. The molecule has 0 aromatic heterocycles. The summed E-state index contributed by atoms with van der Waals surface area (Å²) in [7, 11) is 1.42. The maximum atomic E-state index is 12.3. The number of rotatable bonds is 3. The number of carboxylic acid groups (broad SMARTS) is 1. The summed E-state index contributed by atoms with van der Waals surface area (Å²) in [4.78, 5) is 24.4. The summed E-state index contributed by atoms with van der Waals surface area (Å²) in [6, 6.07) is 3.05. The topological polar surface area (TPSA) is 107 Å². The fraction of sp³-hybridized carbons (Fsp3) is 0.385. The van der Waals surface area contributed by atoms with Gasteiger partial charge in [0.2, 0.25) is 0 Å². The van der Waals surface area contributed by atoms with Crippen LogP contribution in [-0.2, 0) is 4.79 Å². The number of β-amino-alcohol motifs (C(OH)–C–C–N with tert-alkyl or cyclic N) is 1. The lowest BCUT2D eigenvalue weighted by atomic mass is 10.1. The minimum Gasteiger partial charge on any atom is -0.507 e. The van der Waals surface area contributed by atoms with Gasteiger partial charge in [-0.1, -0.05) is 0 Å². The van der Waals surface area contributed by atoms with E-state index in [1.165, 1.54) is 25.3 Å². The summed E-state index contributed by atoms with van der Waals surface area (Å²) in [5.41, 5.74) is -0.0221. The fourth-order valence-electron chi connectivity index (χ4n) is 2.25. The highest BCUT2D eigenvalue weighted by Crippen LogP contribution is 2.27. The van der Waals surface area contributed by atoms with Gasteiger partial charge in [-0.3, -0.25) is 4.79 Å². The molecule has 1 aromatic rings. The van der Waals surface area contributed by atoms with E-state index < -0.39 is 24.0 Å². The number of ether oxygens (including phenoxy) is 1. The number of carbonyl (C=O) groups excluding carboxylic acids is 1. The molecule has 108 valence electrons. The lowest BCUT2D eigenvalue weighted by Crippen LogP contribution is -2.40. The van der Waals surface area contributed by atoms with Crippen molar-refractivity contribution in [3.63, 3.8) is 0 Å². The molecule has 0 aliphatic carbocycles. The number of amides is 1. The van der Waals surface area contributed by atoms with Crippen LogP contribution in [0.5, 0.6) is 11.5 Å². The first-order valence-electron chi connectivity index (χ1n) is 6.03. The molecule has 0 spiro atoms. The van der Waals surface area contributed by atoms with Crippen molar-refractivity contribution < 1.29 is 29.6 Å². The number of aromatic hydroxyl groups is 1. The maximum Gasteiger partial charge on any atom is 0.326 e. The number of aliphatic hydroxyl groups is 1. The predicted octanol–water partition coefficient (Wildman–Crippen LogP) is 0.0608. The van der Waals surface area contributed by atoms with Gasteiger partial charge in [0.15, 0.2) is 0 Å². The summed E-state index contributed by atoms with van der Waals surface area (Å²) in [6.07, 6.45) is -0.890. The third-order valence-electron chi connectivity index (χ3n) is 3.26. The van der Waals surface area contributed by atoms with E-state index in [1.807, 2.05) is 0 Å². The normalized spacial score (nSPS) is 21.8. The summed E-state index contributed by atoms with van der Waals surface area (Å²) < 4.78 is 4.91. The van der Waals surface area contributed by atoms with Gasteiger partial charge in [0.25, 0.3) is 5.91 Å². The van der Waals surface area contributed by atoms with Crippen LogP contribution in [0.2, 0.25) is 0 Å². The average Bonchev–Trinajstić information content (AvgIpc) is 2.80. The Morgan fingerprint density at radius 2 is 2.10 bits per heavy atom. The smallest absolute Gasteiger partial charge is 0.326 e. The van der Waals surface area contributed by atoms with Crippen molar-refractivity contribution in [1.82, 2.24) is 4.90 Å². The van der Waals surface area contributed by atoms with Crippen molar-refractivity contribution in [2.24, 2.45) is 0 Å². The van der Waals surface area contributed by atoms with Crippen LogP contribution in [0.1, 0.15) is 16.8 Å². The van der Waals surface area contributed by atoms with Gasteiger partial charge in [-0.2, -0.15) is 0 Å². The van der Waals surface area contributed by atoms with Crippen LogP contribution in [0.25, 0.3) is 0 Å². The molecule has 1 aromatic carbocycles. The quantitative estimate of drug-likeness (QED) is 0.723. The number of aliphatic carboxylic acids is 1. The first-order valence-corrected chi connectivity index (χ1v) is 6.03. The van der Waals surface area contributed by atoms with Gasteiger partial charge in [0.1, 0.15) is 17.5 Å². The Morgan fingerprint density at radius 1 is 1.40 bits per heavy atom. The van der Waals surface area contributed by atoms with Crippen LogP contribution in [0.15, 0.2) is 18.2 Å². The van der Waals surface area contributed by atoms with Crippen LogP contribution in [0.4, 0.5) is 0 Å². The van der Waals surface area contributed by atoms with E-state index in [9.17, 15) is 19.8 Å². The number of hydrogen-bond acceptors (Lipinski definition) is 5. The Balaban J connectivity index is 2.29. The Kier molecular flexibility index (Phi) is 3.80. The van der Waals surface area contributed by atoms with Crippen LogP contribution < -0.4 is 4.74 Å². The molecule has 1 heterocycles. The lowest BCUT2D eigenvalue weighted by Gasteiger charge is -2.21. The van der Waals surface area contributed by atoms with Gasteiger partial charge >= 0.3 is 5.97 Å². The van der Waals surface area contributed by atoms with Gasteiger partial charge < -0.3 is 25.0 Å². The number of methoxy groups -OCH3 is 1. The van der Waals surface area contributed by atoms with E-state index in [0.29, 0.717) is 5.75 Å². The molecule has 0 bridgehead atoms. The number of nitrogens with zero attached hydrogens (tertiary/aromatic N) is 1. The molecule has 1 amide bonds. The number of carbonyl (C=O) groups is 2. The monoisotopic (exact) mass is 281 g/mol. The molecule has 1 aliphatic rings. The maximum absolute atomic E-state index is 12.3. The highest BCUT2D eigenvalue weighted by molar-refractivity contribution is 5.99. The fourth-order valence-corrected chi connectivity index (χ4v) is 2.25. The number of benzene rings is 1. The third kappa shape index (κ3) is 2.53. The van der Waals surface area contributed by atoms with E-state index >= 15 is 0 Å². The summed E-state index contributed by atoms with van der Waals surface area (Å²) in [5, 5.41) is 28.4. The minimum atomic E-state index is -1.18. The zero-order valence-corrected chi connectivity index (χ0v) is 10.8. The molecule has 0 radical (unpaired) electrons. The number of phenols is 1. The van der Waals surface area contributed by atoms with Crippen LogP contribution in [0, 0.1) is 0 Å². The van der Waals surface area contributed by atoms with Gasteiger partial charge in [-0.05, 0) is 12.1 Å². The van der Waals surface area contributed by atoms with Gasteiger partial charge in [0.05, 0.1) is 18.8 Å². The SMILES string of the molecule is COc1ccc(C(=O)N2C[C@@H](O)C[C@H]2C(=O)O)c(O)c1. The molecule has 1 fully saturated rings. The van der Waals surface area contributed by atoms with Crippen LogP contribution in [-0.4, -0.2) is 57.9 Å². The van der Waals surface area contributed by atoms with Crippen molar-refractivity contribution in [2.75, 3.05) is 13.7 Å². The van der Waals surface area contributed by atoms with E-state index in [1.54, 1.807) is 0 Å². The summed E-state index contributed by atoms with van der Waals surface area (Å²) in [5.74, 6) is -1.72. The van der Waals surface area contributed by atoms with E-state index in [2.05, 4.69) is 0 Å². The molecule has 20 heavy (non-hydrogen) atoms. The standard InChI is InChI=1S/C13H15NO6/c1-20-8-2-3-9(11(16)5-8)12(17)14-6-7(15)4-10(14)13(18)19/h2-3,5,7,10,15-16H,4,6H2,1H3,(H,18,19)/t7-,10-/m0/s1. The van der Waals surface area contributed by atoms with Gasteiger partial charge in [-0.15, -0.1) is 0 Å². The molecule has 2 rings (SSSR count). The molecule has 1 aliphatic heterocycles. The molecule has 0 unspecified atom stereocenters. The molecule has 7 heteroatoms. The molecule has 1 saturated heterocycles. The van der Waals surface area contributed by atoms with E-state index in [4.69, 9.17) is 9.84 Å². The predicted molar refractivity (Wildman–Crippen MR) is 67.7 cm³/mol. The summed E-state index contributed by atoms with van der Waals surface area (Å²) in [6.45, 7) is -0.0682. The first kappa shape index (κ1) is 14.1. The molecule has 3 N–H and O–H groups in total. The van der Waals surface area contributed by atoms with Crippen LogP contribution in [0.3, 0.4) is 0 Å². The van der Waals surface area contributed by atoms with Crippen molar-refractivity contribution >= 4 is 11.9 Å². The Hall–Kier alpha value is -2.28. The second-order valence-corrected chi connectivity index (χ2v) is 4.58. The second-order valence-electron chi connectivity index (χ2n) is 4.58. The molecule has 7 nitrogen and oxygen atoms in total. The number of phenolic OH excluding ortho intramolecular Hbond substituents is 1. The van der Waals surface area contributed by atoms with Gasteiger partial charge in [0, 0.05) is 19.0 Å². The van der Waals surface area contributed by atoms with Gasteiger partial charge in [-0.25, -0.2) is 4.79 Å². The number of aliphatic hydroxyl groups excluding tert-OH is 1. The molecule has 2 atom stereocenters.